The van der Waals surface area contributed by atoms with Crippen LogP contribution in [0.3, 0.4) is 0 Å². The smallest absolute Gasteiger partial charge is 0.0542 e. The van der Waals surface area contributed by atoms with E-state index in [2.05, 4.69) is 65.9 Å². The van der Waals surface area contributed by atoms with E-state index in [4.69, 9.17) is 0 Å². The van der Waals surface area contributed by atoms with Gasteiger partial charge in [0, 0.05) is 23.7 Å². The van der Waals surface area contributed by atoms with E-state index in [0.717, 1.165) is 0 Å². The number of rotatable bonds is 0. The zero-order valence-corrected chi connectivity index (χ0v) is 13.4. The third-order valence-corrected chi connectivity index (χ3v) is 6.37. The van der Waals surface area contributed by atoms with E-state index >= 15 is 0 Å². The Morgan fingerprint density at radius 1 is 0.833 bits per heavy atom. The Balaban J connectivity index is 2.23. The highest BCUT2D eigenvalue weighted by atomic mass is 127. The summed E-state index contributed by atoms with van der Waals surface area (Å²) < 4.78 is 7.04. The summed E-state index contributed by atoms with van der Waals surface area (Å²) in [5.41, 5.74) is 1.34. The molecule has 0 atom stereocenters. The van der Waals surface area contributed by atoms with Gasteiger partial charge < -0.3 is 0 Å². The Morgan fingerprint density at radius 3 is 2.17 bits per heavy atom. The molecule has 0 nitrogen and oxygen atoms in total. The van der Waals surface area contributed by atoms with Crippen LogP contribution in [0.4, 0.5) is 0 Å². The summed E-state index contributed by atoms with van der Waals surface area (Å²) in [5.74, 6) is 0. The lowest BCUT2D eigenvalue weighted by atomic mass is 10.2. The van der Waals surface area contributed by atoms with Crippen LogP contribution in [0.2, 0.25) is 0 Å². The number of thiophene rings is 2. The summed E-state index contributed by atoms with van der Waals surface area (Å²) in [6, 6.07) is 13.5. The van der Waals surface area contributed by atoms with Crippen molar-refractivity contribution in [1.82, 2.24) is 0 Å². The number of halogens is 1. The van der Waals surface area contributed by atoms with Crippen LogP contribution in [-0.2, 0) is 0 Å². The molecule has 88 valence electrons. The molecule has 3 heteroatoms. The summed E-state index contributed by atoms with van der Waals surface area (Å²) in [5, 5.41) is 2.83. The first kappa shape index (κ1) is 11.2. The van der Waals surface area contributed by atoms with Crippen LogP contribution < -0.4 is 0 Å². The minimum absolute atomic E-state index is 1.31. The molecule has 0 N–H and O–H groups in total. The predicted octanol–water partition coefficient (Wildman–Crippen LogP) is 6.18. The summed E-state index contributed by atoms with van der Waals surface area (Å²) in [6.07, 6.45) is 0. The molecule has 0 amide bonds. The molecule has 18 heavy (non-hydrogen) atoms. The molecule has 0 saturated heterocycles. The molecule has 0 saturated carbocycles. The van der Waals surface area contributed by atoms with Gasteiger partial charge in [-0.15, -0.1) is 22.7 Å². The van der Waals surface area contributed by atoms with Crippen molar-refractivity contribution in [3.05, 3.63) is 45.5 Å². The van der Waals surface area contributed by atoms with Gasteiger partial charge in [0.25, 0.3) is 0 Å². The zero-order valence-electron chi connectivity index (χ0n) is 9.66. The molecule has 0 radical (unpaired) electrons. The fourth-order valence-corrected chi connectivity index (χ4v) is 5.83. The van der Waals surface area contributed by atoms with E-state index in [0.29, 0.717) is 0 Å². The topological polar surface area (TPSA) is 0 Å². The first-order chi connectivity index (χ1) is 8.72. The van der Waals surface area contributed by atoms with Crippen LogP contribution in [0.15, 0.2) is 36.4 Å². The highest BCUT2D eigenvalue weighted by Gasteiger charge is 2.11. The average molecular weight is 380 g/mol. The Morgan fingerprint density at radius 2 is 1.44 bits per heavy atom. The van der Waals surface area contributed by atoms with Crippen LogP contribution in [0.5, 0.6) is 0 Å². The summed E-state index contributed by atoms with van der Waals surface area (Å²) in [6.45, 7) is 2.16. The van der Waals surface area contributed by atoms with Crippen molar-refractivity contribution in [2.24, 2.45) is 0 Å². The number of hydrogen-bond acceptors (Lipinski definition) is 2. The van der Waals surface area contributed by atoms with Gasteiger partial charge in [-0.1, -0.05) is 18.2 Å². The molecule has 0 fully saturated rings. The monoisotopic (exact) mass is 380 g/mol. The molecule has 2 aromatic heterocycles. The maximum atomic E-state index is 2.38. The first-order valence-corrected chi connectivity index (χ1v) is 8.44. The maximum Gasteiger partial charge on any atom is 0.0542 e. The van der Waals surface area contributed by atoms with Crippen molar-refractivity contribution < 1.29 is 0 Å². The van der Waals surface area contributed by atoms with E-state index in [-0.39, 0.29) is 0 Å². The van der Waals surface area contributed by atoms with Gasteiger partial charge in [0.2, 0.25) is 0 Å². The van der Waals surface area contributed by atoms with Crippen LogP contribution >= 0.6 is 45.3 Å². The molecule has 2 heterocycles. The Hall–Kier alpha value is -0.650. The second-order valence-corrected chi connectivity index (χ2v) is 7.85. The fourth-order valence-electron chi connectivity index (χ4n) is 2.34. The molecule has 4 aromatic rings. The standard InChI is InChI=1S/C15H9IS2/c1-8-2-4-10-12(6-8)17-15-11-5-3-9(16)7-13(11)18-14(10)15/h2-7H,1H3. The molecular weight excluding hydrogens is 371 g/mol. The second-order valence-electron chi connectivity index (χ2n) is 4.50. The molecule has 0 bridgehead atoms. The SMILES string of the molecule is Cc1ccc2c(c1)sc1c3ccc(I)cc3sc21. The van der Waals surface area contributed by atoms with Crippen molar-refractivity contribution >= 4 is 74.8 Å². The minimum atomic E-state index is 1.31. The van der Waals surface area contributed by atoms with Crippen LogP contribution in [0.25, 0.3) is 29.6 Å². The van der Waals surface area contributed by atoms with E-state index in [1.165, 1.54) is 38.7 Å². The number of benzene rings is 2. The molecule has 0 spiro atoms. The van der Waals surface area contributed by atoms with Crippen molar-refractivity contribution in [2.45, 2.75) is 6.92 Å². The van der Waals surface area contributed by atoms with Gasteiger partial charge in [-0.25, -0.2) is 0 Å². The molecule has 0 aliphatic heterocycles. The van der Waals surface area contributed by atoms with E-state index < -0.39 is 0 Å². The third kappa shape index (κ3) is 1.54. The Labute approximate surface area is 126 Å². The number of aryl methyl sites for hydroxylation is 1. The summed E-state index contributed by atoms with van der Waals surface area (Å²) >= 11 is 6.23. The lowest BCUT2D eigenvalue weighted by Crippen LogP contribution is -1.68. The number of fused-ring (bicyclic) bond motifs is 5. The second kappa shape index (κ2) is 3.92. The van der Waals surface area contributed by atoms with Gasteiger partial charge in [-0.3, -0.25) is 0 Å². The molecule has 0 aliphatic carbocycles. The van der Waals surface area contributed by atoms with Gasteiger partial charge in [0.15, 0.2) is 0 Å². The van der Waals surface area contributed by atoms with Crippen molar-refractivity contribution in [2.75, 3.05) is 0 Å². The molecule has 2 aromatic carbocycles. The van der Waals surface area contributed by atoms with E-state index in [1.807, 2.05) is 22.7 Å². The maximum absolute atomic E-state index is 2.38. The first-order valence-electron chi connectivity index (χ1n) is 5.73. The molecule has 0 unspecified atom stereocenters. The van der Waals surface area contributed by atoms with Crippen LogP contribution in [-0.4, -0.2) is 0 Å². The fraction of sp³-hybridized carbons (Fsp3) is 0.0667. The van der Waals surface area contributed by atoms with Crippen molar-refractivity contribution in [3.63, 3.8) is 0 Å². The average Bonchev–Trinajstić information content (AvgIpc) is 2.83. The third-order valence-electron chi connectivity index (χ3n) is 3.20. The minimum Gasteiger partial charge on any atom is -0.134 e. The van der Waals surface area contributed by atoms with Gasteiger partial charge in [-0.05, 0) is 53.3 Å². The molecular formula is C15H9IS2. The highest BCUT2D eigenvalue weighted by molar-refractivity contribution is 14.1. The molecule has 0 aliphatic rings. The van der Waals surface area contributed by atoms with E-state index in [9.17, 15) is 0 Å². The summed E-state index contributed by atoms with van der Waals surface area (Å²) in [4.78, 5) is 0. The van der Waals surface area contributed by atoms with Crippen molar-refractivity contribution in [1.29, 1.82) is 0 Å². The normalized spacial score (nSPS) is 11.9. The van der Waals surface area contributed by atoms with Crippen molar-refractivity contribution in [3.8, 4) is 0 Å². The Kier molecular flexibility index (Phi) is 2.44. The predicted molar refractivity (Wildman–Crippen MR) is 92.2 cm³/mol. The quantitative estimate of drug-likeness (QED) is 0.320. The molecule has 4 rings (SSSR count). The lowest BCUT2D eigenvalue weighted by molar-refractivity contribution is 1.52. The van der Waals surface area contributed by atoms with Crippen LogP contribution in [0, 0.1) is 10.5 Å². The lowest BCUT2D eigenvalue weighted by Gasteiger charge is -1.92. The summed E-state index contributed by atoms with van der Waals surface area (Å²) in [7, 11) is 0. The number of hydrogen-bond donors (Lipinski definition) is 0. The largest absolute Gasteiger partial charge is 0.134 e. The zero-order chi connectivity index (χ0) is 12.3. The van der Waals surface area contributed by atoms with E-state index in [1.54, 1.807) is 0 Å². The van der Waals surface area contributed by atoms with Gasteiger partial charge in [0.1, 0.15) is 0 Å². The van der Waals surface area contributed by atoms with Crippen LogP contribution in [0.1, 0.15) is 5.56 Å². The van der Waals surface area contributed by atoms with Gasteiger partial charge in [-0.2, -0.15) is 0 Å². The highest BCUT2D eigenvalue weighted by Crippen LogP contribution is 2.44. The van der Waals surface area contributed by atoms with Gasteiger partial charge in [0.05, 0.1) is 9.40 Å². The Bertz CT molecular complexity index is 823. The van der Waals surface area contributed by atoms with Gasteiger partial charge >= 0.3 is 0 Å².